The summed E-state index contributed by atoms with van der Waals surface area (Å²) in [5.74, 6) is 0. The quantitative estimate of drug-likeness (QED) is 0.770. The van der Waals surface area contributed by atoms with Crippen LogP contribution in [-0.2, 0) is 14.8 Å². The lowest BCUT2D eigenvalue weighted by atomic mass is 10.2. The molecule has 0 bridgehead atoms. The molecule has 1 aromatic heterocycles. The van der Waals surface area contributed by atoms with Gasteiger partial charge in [-0.15, -0.1) is 11.3 Å². The number of halogens is 1. The van der Waals surface area contributed by atoms with E-state index < -0.39 is 10.0 Å². The van der Waals surface area contributed by atoms with Crippen LogP contribution < -0.4 is 4.72 Å². The highest BCUT2D eigenvalue weighted by Gasteiger charge is 2.24. The predicted molar refractivity (Wildman–Crippen MR) is 80.2 cm³/mol. The van der Waals surface area contributed by atoms with Crippen LogP contribution in [0.2, 0.25) is 0 Å². The summed E-state index contributed by atoms with van der Waals surface area (Å²) in [4.78, 5) is 3.45. The van der Waals surface area contributed by atoms with Gasteiger partial charge in [-0.3, -0.25) is 4.90 Å². The Morgan fingerprint density at radius 1 is 1.47 bits per heavy atom. The number of hydrogen-bond acceptors (Lipinski definition) is 5. The number of thiophene rings is 1. The van der Waals surface area contributed by atoms with E-state index >= 15 is 0 Å². The van der Waals surface area contributed by atoms with Crippen LogP contribution in [0.4, 0.5) is 0 Å². The largest absolute Gasteiger partial charge is 0.379 e. The van der Waals surface area contributed by atoms with Crippen molar-refractivity contribution in [2.24, 2.45) is 0 Å². The summed E-state index contributed by atoms with van der Waals surface area (Å²) >= 11 is 4.64. The molecule has 0 amide bonds. The zero-order valence-corrected chi connectivity index (χ0v) is 13.6. The van der Waals surface area contributed by atoms with Crippen molar-refractivity contribution in [3.05, 3.63) is 22.4 Å². The van der Waals surface area contributed by atoms with Crippen LogP contribution >= 0.6 is 27.3 Å². The molecule has 1 unspecified atom stereocenters. The first-order valence-electron chi connectivity index (χ1n) is 6.01. The van der Waals surface area contributed by atoms with Crippen LogP contribution in [0, 0.1) is 0 Å². The van der Waals surface area contributed by atoms with Crippen molar-refractivity contribution in [2.45, 2.75) is 6.04 Å². The number of hydrogen-bond donors (Lipinski definition) is 1. The summed E-state index contributed by atoms with van der Waals surface area (Å²) in [5.41, 5.74) is 0. The van der Waals surface area contributed by atoms with E-state index in [0.717, 1.165) is 13.1 Å². The molecule has 1 saturated heterocycles. The molecule has 1 N–H and O–H groups in total. The van der Waals surface area contributed by atoms with Crippen molar-refractivity contribution < 1.29 is 13.2 Å². The van der Waals surface area contributed by atoms with E-state index in [2.05, 4.69) is 25.6 Å². The van der Waals surface area contributed by atoms with Crippen molar-refractivity contribution >= 4 is 37.3 Å². The van der Waals surface area contributed by atoms with E-state index in [1.807, 2.05) is 17.5 Å². The Morgan fingerprint density at radius 3 is 2.79 bits per heavy atom. The van der Waals surface area contributed by atoms with Gasteiger partial charge >= 0.3 is 0 Å². The van der Waals surface area contributed by atoms with Crippen molar-refractivity contribution in [1.29, 1.82) is 0 Å². The molecule has 2 rings (SSSR count). The molecule has 0 spiro atoms. The molecule has 19 heavy (non-hydrogen) atoms. The fourth-order valence-corrected chi connectivity index (χ4v) is 3.86. The molecule has 108 valence electrons. The molecule has 0 saturated carbocycles. The van der Waals surface area contributed by atoms with Gasteiger partial charge in [0.15, 0.2) is 0 Å². The summed E-state index contributed by atoms with van der Waals surface area (Å²) in [7, 11) is -3.23. The zero-order valence-electron chi connectivity index (χ0n) is 10.4. The number of nitrogens with one attached hydrogen (secondary N) is 1. The molecule has 1 aliphatic heterocycles. The summed E-state index contributed by atoms with van der Waals surface area (Å²) in [6, 6.07) is 4.12. The topological polar surface area (TPSA) is 58.6 Å². The van der Waals surface area contributed by atoms with Gasteiger partial charge in [-0.05, 0) is 11.4 Å². The molecule has 1 fully saturated rings. The van der Waals surface area contributed by atoms with Gasteiger partial charge in [0.25, 0.3) is 0 Å². The van der Waals surface area contributed by atoms with E-state index in [0.29, 0.717) is 19.8 Å². The number of nitrogens with zero attached hydrogens (tertiary/aromatic N) is 1. The van der Waals surface area contributed by atoms with Crippen LogP contribution in [0.1, 0.15) is 10.9 Å². The van der Waals surface area contributed by atoms with Gasteiger partial charge < -0.3 is 4.74 Å². The third-order valence-electron chi connectivity index (χ3n) is 3.00. The van der Waals surface area contributed by atoms with Gasteiger partial charge in [-0.1, -0.05) is 22.0 Å². The maximum absolute atomic E-state index is 11.6. The van der Waals surface area contributed by atoms with Crippen molar-refractivity contribution in [2.75, 3.05) is 37.5 Å². The van der Waals surface area contributed by atoms with E-state index in [-0.39, 0.29) is 10.7 Å². The first kappa shape index (κ1) is 15.4. The lowest BCUT2D eigenvalue weighted by Crippen LogP contribution is -2.43. The second kappa shape index (κ2) is 7.14. The molecule has 8 heteroatoms. The van der Waals surface area contributed by atoms with Crippen LogP contribution in [0.15, 0.2) is 17.5 Å². The minimum Gasteiger partial charge on any atom is -0.379 e. The smallest absolute Gasteiger partial charge is 0.221 e. The minimum absolute atomic E-state index is 0.0692. The molecule has 0 radical (unpaired) electrons. The van der Waals surface area contributed by atoms with E-state index in [1.165, 1.54) is 4.88 Å². The number of alkyl halides is 1. The third kappa shape index (κ3) is 4.51. The molecular weight excluding hydrogens is 352 g/mol. The fraction of sp³-hybridized carbons (Fsp3) is 0.636. The average Bonchev–Trinajstić information content (AvgIpc) is 2.94. The van der Waals surface area contributed by atoms with Gasteiger partial charge in [-0.2, -0.15) is 0 Å². The highest BCUT2D eigenvalue weighted by atomic mass is 79.9. The van der Waals surface area contributed by atoms with Gasteiger partial charge in [-0.25, -0.2) is 13.1 Å². The van der Waals surface area contributed by atoms with Gasteiger partial charge in [0.1, 0.15) is 4.66 Å². The predicted octanol–water partition coefficient (Wildman–Crippen LogP) is 1.39. The van der Waals surface area contributed by atoms with Gasteiger partial charge in [0.05, 0.1) is 19.3 Å². The Balaban J connectivity index is 2.06. The Labute approximate surface area is 126 Å². The van der Waals surface area contributed by atoms with E-state index in [4.69, 9.17) is 4.74 Å². The summed E-state index contributed by atoms with van der Waals surface area (Å²) in [5, 5.41) is 2.02. The standard InChI is InChI=1S/C11H17BrN2O3S2/c12-9-19(15,16)13-8-10(11-2-1-7-18-11)14-3-5-17-6-4-14/h1-2,7,10,13H,3-6,8-9H2. The molecule has 1 atom stereocenters. The van der Waals surface area contributed by atoms with Gasteiger partial charge in [0, 0.05) is 24.5 Å². The molecule has 1 aliphatic rings. The number of sulfonamides is 1. The van der Waals surface area contributed by atoms with E-state index in [9.17, 15) is 8.42 Å². The van der Waals surface area contributed by atoms with E-state index in [1.54, 1.807) is 11.3 Å². The average molecular weight is 369 g/mol. The Morgan fingerprint density at radius 2 is 2.21 bits per heavy atom. The lowest BCUT2D eigenvalue weighted by molar-refractivity contribution is 0.0179. The lowest BCUT2D eigenvalue weighted by Gasteiger charge is -2.34. The molecular formula is C11H17BrN2O3S2. The Bertz CT molecular complexity index is 472. The monoisotopic (exact) mass is 368 g/mol. The maximum atomic E-state index is 11.6. The molecule has 2 heterocycles. The second-order valence-electron chi connectivity index (χ2n) is 4.25. The first-order valence-corrected chi connectivity index (χ1v) is 9.66. The fourth-order valence-electron chi connectivity index (χ4n) is 2.02. The maximum Gasteiger partial charge on any atom is 0.221 e. The molecule has 5 nitrogen and oxygen atoms in total. The van der Waals surface area contributed by atoms with Crippen LogP contribution in [0.5, 0.6) is 0 Å². The first-order chi connectivity index (χ1) is 9.12. The third-order valence-corrected chi connectivity index (χ3v) is 6.67. The number of morpholine rings is 1. The Kier molecular flexibility index (Phi) is 5.79. The number of ether oxygens (including phenoxy) is 1. The van der Waals surface area contributed by atoms with Crippen molar-refractivity contribution in [1.82, 2.24) is 9.62 Å². The van der Waals surface area contributed by atoms with Crippen molar-refractivity contribution in [3.8, 4) is 0 Å². The SMILES string of the molecule is O=S(=O)(CBr)NCC(c1cccs1)N1CCOCC1. The van der Waals surface area contributed by atoms with Crippen molar-refractivity contribution in [3.63, 3.8) is 0 Å². The van der Waals surface area contributed by atoms with Crippen LogP contribution in [-0.4, -0.2) is 50.8 Å². The summed E-state index contributed by atoms with van der Waals surface area (Å²) < 4.78 is 31.0. The van der Waals surface area contributed by atoms with Gasteiger partial charge in [0.2, 0.25) is 10.0 Å². The zero-order chi connectivity index (χ0) is 13.7. The minimum atomic E-state index is -3.23. The highest BCUT2D eigenvalue weighted by Crippen LogP contribution is 2.25. The summed E-state index contributed by atoms with van der Waals surface area (Å²) in [6.07, 6.45) is 0. The van der Waals surface area contributed by atoms with Crippen LogP contribution in [0.3, 0.4) is 0 Å². The highest BCUT2D eigenvalue weighted by molar-refractivity contribution is 9.10. The van der Waals surface area contributed by atoms with Crippen LogP contribution in [0.25, 0.3) is 0 Å². The number of rotatable bonds is 6. The molecule has 0 aliphatic carbocycles. The summed E-state index contributed by atoms with van der Waals surface area (Å²) in [6.45, 7) is 3.46. The molecule has 1 aromatic rings. The normalized spacial score (nSPS) is 19.4. The second-order valence-corrected chi connectivity index (χ2v) is 8.34. The molecule has 0 aromatic carbocycles. The Hall–Kier alpha value is 0.01000.